The number of hydrogen-bond donors (Lipinski definition) is 0. The van der Waals surface area contributed by atoms with Gasteiger partial charge in [0.1, 0.15) is 0 Å². The molecule has 3 heteroatoms. The van der Waals surface area contributed by atoms with Gasteiger partial charge in [0.05, 0.1) is 5.41 Å². The molecule has 0 radical (unpaired) electrons. The number of ketones is 2. The van der Waals surface area contributed by atoms with Gasteiger partial charge in [-0.2, -0.15) is 0 Å². The van der Waals surface area contributed by atoms with E-state index in [9.17, 15) is 9.59 Å². The van der Waals surface area contributed by atoms with Crippen LogP contribution in [0.4, 0.5) is 0 Å². The lowest BCUT2D eigenvalue weighted by atomic mass is 9.51. The van der Waals surface area contributed by atoms with Gasteiger partial charge in [0.2, 0.25) is 11.6 Å². The fourth-order valence-corrected chi connectivity index (χ4v) is 7.32. The first-order valence-corrected chi connectivity index (χ1v) is 15.0. The molecule has 0 aliphatic heterocycles. The average Bonchev–Trinajstić information content (AvgIpc) is 3.09. The number of hydrogen-bond acceptors (Lipinski definition) is 3. The first-order chi connectivity index (χ1) is 21.6. The molecule has 0 saturated carbocycles. The van der Waals surface area contributed by atoms with Gasteiger partial charge in [-0.1, -0.05) is 164 Å². The summed E-state index contributed by atoms with van der Waals surface area (Å²) in [4.78, 5) is 29.7. The Morgan fingerprint density at radius 1 is 0.500 bits per heavy atom. The topological polar surface area (TPSA) is 43.4 Å². The lowest BCUT2D eigenvalue weighted by molar-refractivity contribution is -0.150. The van der Waals surface area contributed by atoms with E-state index in [1.54, 1.807) is 7.11 Å². The van der Waals surface area contributed by atoms with Crippen LogP contribution < -0.4 is 0 Å². The van der Waals surface area contributed by atoms with Gasteiger partial charge >= 0.3 is 0 Å². The van der Waals surface area contributed by atoms with Crippen molar-refractivity contribution in [3.8, 4) is 0 Å². The molecule has 3 aliphatic rings. The number of methoxy groups -OCH3 is 1. The van der Waals surface area contributed by atoms with Crippen molar-refractivity contribution >= 4 is 17.1 Å². The summed E-state index contributed by atoms with van der Waals surface area (Å²) in [5.41, 5.74) is 3.41. The summed E-state index contributed by atoms with van der Waals surface area (Å²) < 4.78 is 6.38. The smallest absolute Gasteiger partial charge is 0.240 e. The van der Waals surface area contributed by atoms with E-state index in [0.717, 1.165) is 33.4 Å². The third-order valence-corrected chi connectivity index (χ3v) is 9.19. The molecule has 44 heavy (non-hydrogen) atoms. The van der Waals surface area contributed by atoms with E-state index in [1.807, 2.05) is 133 Å². The molecule has 0 saturated heterocycles. The standard InChI is InChI=1S/C41H32O3/c1-44-41-34(29-17-7-2-8-18-29)27-40(38(42)39(41)43,37(32-23-13-5-14-24-32)33-25-15-6-16-26-33)28-35(41)36(30-19-9-3-10-20-30)31-21-11-4-12-22-31/h2-28,36-37H,1H3/t40-,41-/m0/s1. The highest BCUT2D eigenvalue weighted by atomic mass is 16.5. The molecule has 0 heterocycles. The summed E-state index contributed by atoms with van der Waals surface area (Å²) in [5.74, 6) is -1.78. The van der Waals surface area contributed by atoms with Crippen molar-refractivity contribution in [1.29, 1.82) is 0 Å². The molecule has 0 amide bonds. The Morgan fingerprint density at radius 2 is 0.909 bits per heavy atom. The highest BCUT2D eigenvalue weighted by molar-refractivity contribution is 6.49. The summed E-state index contributed by atoms with van der Waals surface area (Å²) in [7, 11) is 1.55. The molecule has 3 aliphatic carbocycles. The maximum absolute atomic E-state index is 14.9. The second-order valence-electron chi connectivity index (χ2n) is 11.5. The van der Waals surface area contributed by atoms with Gasteiger partial charge in [0.15, 0.2) is 5.60 Å². The molecule has 0 N–H and O–H groups in total. The molecule has 3 nitrogen and oxygen atoms in total. The lowest BCUT2D eigenvalue weighted by Gasteiger charge is -2.52. The van der Waals surface area contributed by atoms with Crippen molar-refractivity contribution in [3.63, 3.8) is 0 Å². The molecule has 8 rings (SSSR count). The first kappa shape index (κ1) is 27.7. The van der Waals surface area contributed by atoms with E-state index in [4.69, 9.17) is 4.74 Å². The summed E-state index contributed by atoms with van der Waals surface area (Å²) in [6, 6.07) is 50.3. The molecule has 2 bridgehead atoms. The highest BCUT2D eigenvalue weighted by Crippen LogP contribution is 2.61. The van der Waals surface area contributed by atoms with Crippen molar-refractivity contribution in [3.05, 3.63) is 197 Å². The minimum absolute atomic E-state index is 0.339. The number of Topliss-reactive ketones (excluding diaryl/α,β-unsaturated/α-hetero) is 2. The molecule has 214 valence electrons. The molecule has 5 aromatic rings. The van der Waals surface area contributed by atoms with Crippen LogP contribution in [0, 0.1) is 5.41 Å². The molecule has 0 fully saturated rings. The van der Waals surface area contributed by atoms with Gasteiger partial charge in [-0.3, -0.25) is 9.59 Å². The zero-order valence-electron chi connectivity index (χ0n) is 24.5. The van der Waals surface area contributed by atoms with Crippen LogP contribution in [0.2, 0.25) is 0 Å². The van der Waals surface area contributed by atoms with Crippen LogP contribution in [0.3, 0.4) is 0 Å². The highest BCUT2D eigenvalue weighted by Gasteiger charge is 2.65. The maximum atomic E-state index is 14.9. The Labute approximate surface area is 258 Å². The Balaban J connectivity index is 1.61. The normalized spacial score (nSPS) is 21.0. The fourth-order valence-electron chi connectivity index (χ4n) is 7.32. The molecular formula is C41H32O3. The summed E-state index contributed by atoms with van der Waals surface area (Å²) >= 11 is 0. The molecular weight excluding hydrogens is 540 g/mol. The van der Waals surface area contributed by atoms with E-state index < -0.39 is 28.5 Å². The summed E-state index contributed by atoms with van der Waals surface area (Å²) in [5, 5.41) is 0. The number of carbonyl (C=O) groups is 2. The SMILES string of the molecule is CO[C@@]12C(=O)C(=O)[C@@](C(c3ccccc3)c3ccccc3)(C=C1c1ccccc1)C=C2C(c1ccccc1)c1ccccc1. The van der Waals surface area contributed by atoms with Crippen LogP contribution in [0.15, 0.2) is 169 Å². The molecule has 0 aromatic heterocycles. The fraction of sp³-hybridized carbons (Fsp3) is 0.122. The van der Waals surface area contributed by atoms with Crippen LogP contribution in [-0.4, -0.2) is 24.3 Å². The summed E-state index contributed by atoms with van der Waals surface area (Å²) in [6.07, 6.45) is 4.10. The Bertz CT molecular complexity index is 1780. The number of rotatable bonds is 8. The van der Waals surface area contributed by atoms with Crippen molar-refractivity contribution < 1.29 is 14.3 Å². The largest absolute Gasteiger partial charge is 0.361 e. The molecule has 2 atom stereocenters. The third kappa shape index (κ3) is 4.24. The average molecular weight is 573 g/mol. The van der Waals surface area contributed by atoms with Crippen LogP contribution in [-0.2, 0) is 14.3 Å². The van der Waals surface area contributed by atoms with Gasteiger partial charge in [0, 0.05) is 24.5 Å². The minimum Gasteiger partial charge on any atom is -0.361 e. The van der Waals surface area contributed by atoms with E-state index in [-0.39, 0.29) is 5.92 Å². The predicted molar refractivity (Wildman–Crippen MR) is 174 cm³/mol. The van der Waals surface area contributed by atoms with E-state index in [0.29, 0.717) is 5.57 Å². The van der Waals surface area contributed by atoms with Gasteiger partial charge in [-0.25, -0.2) is 0 Å². The lowest BCUT2D eigenvalue weighted by Crippen LogP contribution is -2.61. The Kier molecular flexibility index (Phi) is 7.04. The molecule has 0 unspecified atom stereocenters. The minimum atomic E-state index is -1.59. The quantitative estimate of drug-likeness (QED) is 0.139. The molecule has 0 spiro atoms. The Hall–Kier alpha value is -5.12. The van der Waals surface area contributed by atoms with Crippen LogP contribution in [0.5, 0.6) is 0 Å². The molecule has 5 aromatic carbocycles. The van der Waals surface area contributed by atoms with E-state index in [2.05, 4.69) is 30.3 Å². The number of benzene rings is 5. The predicted octanol–water partition coefficient (Wildman–Crippen LogP) is 8.20. The second-order valence-corrected chi connectivity index (χ2v) is 11.5. The number of ether oxygens (including phenoxy) is 1. The Morgan fingerprint density at radius 3 is 1.34 bits per heavy atom. The number of fused-ring (bicyclic) bond motifs is 1. The zero-order chi connectivity index (χ0) is 30.1. The zero-order valence-corrected chi connectivity index (χ0v) is 24.5. The van der Waals surface area contributed by atoms with Gasteiger partial charge < -0.3 is 4.74 Å². The summed E-state index contributed by atoms with van der Waals surface area (Å²) in [6.45, 7) is 0. The van der Waals surface area contributed by atoms with Crippen molar-refractivity contribution in [1.82, 2.24) is 0 Å². The van der Waals surface area contributed by atoms with Gasteiger partial charge in [-0.15, -0.1) is 0 Å². The second kappa shape index (κ2) is 11.2. The van der Waals surface area contributed by atoms with Gasteiger partial charge in [-0.05, 0) is 33.4 Å². The third-order valence-electron chi connectivity index (χ3n) is 9.19. The van der Waals surface area contributed by atoms with Crippen LogP contribution >= 0.6 is 0 Å². The number of allylic oxidation sites excluding steroid dienone is 2. The van der Waals surface area contributed by atoms with Gasteiger partial charge in [0.25, 0.3) is 0 Å². The monoisotopic (exact) mass is 572 g/mol. The maximum Gasteiger partial charge on any atom is 0.240 e. The van der Waals surface area contributed by atoms with Crippen LogP contribution in [0.1, 0.15) is 39.7 Å². The van der Waals surface area contributed by atoms with E-state index in [1.165, 1.54) is 0 Å². The van der Waals surface area contributed by atoms with Crippen molar-refractivity contribution in [2.45, 2.75) is 17.4 Å². The van der Waals surface area contributed by atoms with Crippen molar-refractivity contribution in [2.75, 3.05) is 7.11 Å². The number of carbonyl (C=O) groups excluding carboxylic acids is 2. The van der Waals surface area contributed by atoms with Crippen LogP contribution in [0.25, 0.3) is 5.57 Å². The van der Waals surface area contributed by atoms with E-state index >= 15 is 0 Å². The first-order valence-electron chi connectivity index (χ1n) is 15.0. The van der Waals surface area contributed by atoms with Crippen molar-refractivity contribution in [2.24, 2.45) is 5.41 Å².